The van der Waals surface area contributed by atoms with Crippen molar-refractivity contribution in [3.8, 4) is 0 Å². The first-order valence-electron chi connectivity index (χ1n) is 18.5. The molecule has 0 radical (unpaired) electrons. The highest BCUT2D eigenvalue weighted by atomic mass is 32.2. The van der Waals surface area contributed by atoms with E-state index in [4.69, 9.17) is 4.84 Å². The van der Waals surface area contributed by atoms with E-state index in [1.54, 1.807) is 11.8 Å². The van der Waals surface area contributed by atoms with Gasteiger partial charge in [-0.1, -0.05) is 162 Å². The van der Waals surface area contributed by atoms with E-state index in [0.717, 1.165) is 31.6 Å². The van der Waals surface area contributed by atoms with Crippen LogP contribution in [-0.4, -0.2) is 46.9 Å². The maximum atomic E-state index is 12.8. The van der Waals surface area contributed by atoms with E-state index in [0.29, 0.717) is 10.8 Å². The Morgan fingerprint density at radius 2 is 1.00 bits per heavy atom. The molecule has 0 saturated carbocycles. The number of carbonyl (C=O) groups excluding carboxylic acids is 3. The molecule has 252 valence electrons. The van der Waals surface area contributed by atoms with Gasteiger partial charge in [-0.2, -0.15) is 11.8 Å². The van der Waals surface area contributed by atoms with Crippen LogP contribution < -0.4 is 5.32 Å². The van der Waals surface area contributed by atoms with Gasteiger partial charge in [0.15, 0.2) is 0 Å². The smallest absolute Gasteiger partial charge is 0.329 e. The van der Waals surface area contributed by atoms with Crippen molar-refractivity contribution >= 4 is 29.5 Å². The quantitative estimate of drug-likeness (QED) is 0.0593. The van der Waals surface area contributed by atoms with Crippen molar-refractivity contribution in [2.45, 2.75) is 193 Å². The molecule has 1 fully saturated rings. The van der Waals surface area contributed by atoms with Crippen LogP contribution in [0.15, 0.2) is 0 Å². The molecule has 0 aromatic rings. The van der Waals surface area contributed by atoms with Gasteiger partial charge in [0.25, 0.3) is 11.8 Å². The third-order valence-corrected chi connectivity index (χ3v) is 9.72. The van der Waals surface area contributed by atoms with Crippen LogP contribution in [0.5, 0.6) is 0 Å². The number of rotatable bonds is 32. The average Bonchev–Trinajstić information content (AvgIpc) is 3.32. The molecule has 1 N–H and O–H groups in total. The lowest BCUT2D eigenvalue weighted by molar-refractivity contribution is -0.198. The standard InChI is InChI=1S/C36H68N2O4S/c1-3-5-7-9-10-11-12-13-14-15-16-17-18-19-20-21-22-23-24-25-26-30-37-33(32-43-31-27-8-6-4-2)36(41)42-38-34(39)28-29-35(38)40/h33,37H,3-32H2,1-2H3. The first-order chi connectivity index (χ1) is 21.1. The first-order valence-corrected chi connectivity index (χ1v) is 19.6. The fraction of sp³-hybridized carbons (Fsp3) is 0.917. The average molecular weight is 625 g/mol. The highest BCUT2D eigenvalue weighted by Gasteiger charge is 2.34. The number of hydroxylamine groups is 2. The number of hydrogen-bond acceptors (Lipinski definition) is 6. The largest absolute Gasteiger partial charge is 0.350 e. The molecule has 7 heteroatoms. The minimum absolute atomic E-state index is 0.121. The summed E-state index contributed by atoms with van der Waals surface area (Å²) in [4.78, 5) is 41.7. The molecule has 1 aliphatic heterocycles. The van der Waals surface area contributed by atoms with E-state index in [1.165, 1.54) is 141 Å². The summed E-state index contributed by atoms with van der Waals surface area (Å²) in [6, 6.07) is -0.498. The van der Waals surface area contributed by atoms with Crippen LogP contribution in [0.2, 0.25) is 0 Å². The molecule has 0 aromatic heterocycles. The van der Waals surface area contributed by atoms with Gasteiger partial charge < -0.3 is 10.2 Å². The molecule has 0 spiro atoms. The van der Waals surface area contributed by atoms with E-state index in [1.807, 2.05) is 0 Å². The van der Waals surface area contributed by atoms with Gasteiger partial charge in [-0.05, 0) is 25.1 Å². The van der Waals surface area contributed by atoms with Crippen LogP contribution in [0.1, 0.15) is 187 Å². The van der Waals surface area contributed by atoms with E-state index < -0.39 is 23.8 Å². The van der Waals surface area contributed by atoms with Gasteiger partial charge in [0.1, 0.15) is 6.04 Å². The summed E-state index contributed by atoms with van der Waals surface area (Å²) in [5.41, 5.74) is 0. The van der Waals surface area contributed by atoms with Crippen molar-refractivity contribution in [3.05, 3.63) is 0 Å². The molecule has 6 nitrogen and oxygen atoms in total. The van der Waals surface area contributed by atoms with Gasteiger partial charge in [-0.3, -0.25) is 9.59 Å². The third kappa shape index (κ3) is 23.0. The Hall–Kier alpha value is -1.08. The number of carbonyl (C=O) groups is 3. The van der Waals surface area contributed by atoms with Crippen molar-refractivity contribution in [1.29, 1.82) is 0 Å². The molecule has 1 rings (SSSR count). The van der Waals surface area contributed by atoms with Crippen molar-refractivity contribution < 1.29 is 19.2 Å². The highest BCUT2D eigenvalue weighted by Crippen LogP contribution is 2.17. The van der Waals surface area contributed by atoms with Gasteiger partial charge in [0.2, 0.25) is 0 Å². The summed E-state index contributed by atoms with van der Waals surface area (Å²) in [7, 11) is 0. The Kier molecular flexibility index (Phi) is 27.5. The minimum atomic E-state index is -0.520. The molecule has 1 heterocycles. The van der Waals surface area contributed by atoms with Crippen LogP contribution in [-0.2, 0) is 19.2 Å². The number of amides is 2. The van der Waals surface area contributed by atoms with E-state index in [2.05, 4.69) is 19.2 Å². The van der Waals surface area contributed by atoms with Crippen LogP contribution in [0, 0.1) is 0 Å². The highest BCUT2D eigenvalue weighted by molar-refractivity contribution is 7.99. The monoisotopic (exact) mass is 624 g/mol. The Balaban J connectivity index is 1.99. The second-order valence-electron chi connectivity index (χ2n) is 12.7. The van der Waals surface area contributed by atoms with Gasteiger partial charge in [-0.15, -0.1) is 5.06 Å². The lowest BCUT2D eigenvalue weighted by Crippen LogP contribution is -2.44. The van der Waals surface area contributed by atoms with E-state index in [9.17, 15) is 14.4 Å². The molecule has 2 amide bonds. The number of imide groups is 1. The van der Waals surface area contributed by atoms with Crippen molar-refractivity contribution in [2.24, 2.45) is 0 Å². The van der Waals surface area contributed by atoms with Crippen LogP contribution in [0.25, 0.3) is 0 Å². The fourth-order valence-corrected chi connectivity index (χ4v) is 6.75. The molecule has 1 saturated heterocycles. The van der Waals surface area contributed by atoms with Crippen molar-refractivity contribution in [1.82, 2.24) is 10.4 Å². The zero-order valence-corrected chi connectivity index (χ0v) is 29.1. The van der Waals surface area contributed by atoms with Gasteiger partial charge in [0.05, 0.1) is 0 Å². The predicted octanol–water partition coefficient (Wildman–Crippen LogP) is 10.1. The van der Waals surface area contributed by atoms with Crippen molar-refractivity contribution in [2.75, 3.05) is 18.1 Å². The summed E-state index contributed by atoms with van der Waals surface area (Å²) < 4.78 is 0. The second kappa shape index (κ2) is 29.6. The van der Waals surface area contributed by atoms with Gasteiger partial charge in [-0.25, -0.2) is 4.79 Å². The third-order valence-electron chi connectivity index (χ3n) is 8.57. The Morgan fingerprint density at radius 1 is 0.628 bits per heavy atom. The van der Waals surface area contributed by atoms with Crippen molar-refractivity contribution in [3.63, 3.8) is 0 Å². The normalized spacial score (nSPS) is 14.1. The first kappa shape index (κ1) is 39.9. The summed E-state index contributed by atoms with van der Waals surface area (Å²) in [6.45, 7) is 5.23. The fourth-order valence-electron chi connectivity index (χ4n) is 5.69. The van der Waals surface area contributed by atoms with Crippen LogP contribution in [0.4, 0.5) is 0 Å². The zero-order valence-electron chi connectivity index (χ0n) is 28.3. The molecule has 0 aromatic carbocycles. The number of nitrogens with zero attached hydrogens (tertiary/aromatic N) is 1. The molecular weight excluding hydrogens is 556 g/mol. The van der Waals surface area contributed by atoms with Gasteiger partial charge in [0, 0.05) is 18.6 Å². The summed E-state index contributed by atoms with van der Waals surface area (Å²) in [6.07, 6.45) is 33.7. The zero-order chi connectivity index (χ0) is 31.2. The second-order valence-corrected chi connectivity index (χ2v) is 13.9. The van der Waals surface area contributed by atoms with E-state index >= 15 is 0 Å². The van der Waals surface area contributed by atoms with Gasteiger partial charge >= 0.3 is 5.97 Å². The number of nitrogens with one attached hydrogen (secondary N) is 1. The molecule has 1 atom stereocenters. The summed E-state index contributed by atoms with van der Waals surface area (Å²) in [5.74, 6) is 0.239. The predicted molar refractivity (Wildman–Crippen MR) is 183 cm³/mol. The SMILES string of the molecule is CCCCCCCCCCCCCCCCCCCCCCCNC(CSCCCCCC)C(=O)ON1C(=O)CCC1=O. The molecule has 0 bridgehead atoms. The number of hydrogen-bond donors (Lipinski definition) is 1. The summed E-state index contributed by atoms with van der Waals surface area (Å²) >= 11 is 1.74. The minimum Gasteiger partial charge on any atom is -0.329 e. The topological polar surface area (TPSA) is 75.7 Å². The number of unbranched alkanes of at least 4 members (excludes halogenated alkanes) is 23. The maximum Gasteiger partial charge on any atom is 0.350 e. The molecule has 1 aliphatic rings. The molecule has 43 heavy (non-hydrogen) atoms. The Morgan fingerprint density at radius 3 is 1.42 bits per heavy atom. The maximum absolute atomic E-state index is 12.8. The molecular formula is C36H68N2O4S. The van der Waals surface area contributed by atoms with E-state index in [-0.39, 0.29) is 12.8 Å². The molecule has 1 unspecified atom stereocenters. The number of thioether (sulfide) groups is 1. The Labute approximate surface area is 269 Å². The summed E-state index contributed by atoms with van der Waals surface area (Å²) in [5, 5.41) is 4.01. The molecule has 0 aliphatic carbocycles. The lowest BCUT2D eigenvalue weighted by Gasteiger charge is -2.20. The van der Waals surface area contributed by atoms with Crippen LogP contribution in [0.3, 0.4) is 0 Å². The Bertz CT molecular complexity index is 674. The van der Waals surface area contributed by atoms with Crippen LogP contribution >= 0.6 is 11.8 Å². The lowest BCUT2D eigenvalue weighted by atomic mass is 10.0.